The quantitative estimate of drug-likeness (QED) is 0.329. The molecule has 0 aliphatic rings. The smallest absolute Gasteiger partial charge is 0.291 e. The molecule has 0 unspecified atom stereocenters. The maximum absolute atomic E-state index is 13.0. The fourth-order valence-corrected chi connectivity index (χ4v) is 3.60. The van der Waals surface area contributed by atoms with Gasteiger partial charge in [-0.1, -0.05) is 24.3 Å². The number of nitrogens with one attached hydrogen (secondary N) is 3. The van der Waals surface area contributed by atoms with Gasteiger partial charge < -0.3 is 29.5 Å². The molecule has 174 valence electrons. The lowest BCUT2D eigenvalue weighted by Gasteiger charge is -2.12. The summed E-state index contributed by atoms with van der Waals surface area (Å²) in [6.45, 7) is 0.389. The van der Waals surface area contributed by atoms with Crippen LogP contribution in [-0.4, -0.2) is 37.6 Å². The minimum absolute atomic E-state index is 0.0764. The number of para-hydroxylation sites is 1. The number of amides is 2. The van der Waals surface area contributed by atoms with Crippen molar-refractivity contribution < 1.29 is 23.5 Å². The largest absolute Gasteiger partial charge is 0.493 e. The molecule has 4 rings (SSSR count). The summed E-state index contributed by atoms with van der Waals surface area (Å²) in [5, 5.41) is 6.65. The minimum Gasteiger partial charge on any atom is -0.493 e. The first-order valence-electron chi connectivity index (χ1n) is 10.7. The summed E-state index contributed by atoms with van der Waals surface area (Å²) in [7, 11) is 3.08. The van der Waals surface area contributed by atoms with Crippen molar-refractivity contribution in [1.82, 2.24) is 15.6 Å². The van der Waals surface area contributed by atoms with Crippen molar-refractivity contribution >= 4 is 28.8 Å². The summed E-state index contributed by atoms with van der Waals surface area (Å²) < 4.78 is 15.8. The average molecular weight is 460 g/mol. The Morgan fingerprint density at radius 2 is 1.85 bits per heavy atom. The van der Waals surface area contributed by atoms with Gasteiger partial charge in [0.25, 0.3) is 11.8 Å². The summed E-state index contributed by atoms with van der Waals surface area (Å²) in [6.07, 6.45) is 5.54. The minimum atomic E-state index is -0.525. The second kappa shape index (κ2) is 10.4. The average Bonchev–Trinajstić information content (AvgIpc) is 3.54. The molecule has 2 aromatic heterocycles. The Morgan fingerprint density at radius 3 is 2.62 bits per heavy atom. The first-order chi connectivity index (χ1) is 16.6. The zero-order chi connectivity index (χ0) is 23.9. The predicted molar refractivity (Wildman–Crippen MR) is 129 cm³/mol. The SMILES string of the molecule is COc1ccc(C=C(NC(=O)c2ccco2)C(=O)NCCc2c[nH]c3ccccc23)cc1OC. The molecule has 8 heteroatoms. The van der Waals surface area contributed by atoms with E-state index in [-0.39, 0.29) is 11.5 Å². The molecule has 2 amide bonds. The van der Waals surface area contributed by atoms with Gasteiger partial charge in [0.15, 0.2) is 17.3 Å². The van der Waals surface area contributed by atoms with Crippen molar-refractivity contribution in [3.63, 3.8) is 0 Å². The highest BCUT2D eigenvalue weighted by atomic mass is 16.5. The van der Waals surface area contributed by atoms with Crippen LogP contribution in [0, 0.1) is 0 Å². The molecule has 34 heavy (non-hydrogen) atoms. The number of rotatable bonds is 9. The van der Waals surface area contributed by atoms with Gasteiger partial charge in [-0.15, -0.1) is 0 Å². The van der Waals surface area contributed by atoms with Gasteiger partial charge in [0.2, 0.25) is 0 Å². The summed E-state index contributed by atoms with van der Waals surface area (Å²) in [6, 6.07) is 16.3. The number of furan rings is 1. The topological polar surface area (TPSA) is 106 Å². The van der Waals surface area contributed by atoms with Gasteiger partial charge in [-0.3, -0.25) is 9.59 Å². The van der Waals surface area contributed by atoms with E-state index in [0.717, 1.165) is 16.5 Å². The second-order valence-corrected chi connectivity index (χ2v) is 7.47. The van der Waals surface area contributed by atoms with Crippen LogP contribution in [0.1, 0.15) is 21.7 Å². The fraction of sp³-hybridized carbons (Fsp3) is 0.154. The molecule has 0 saturated carbocycles. The van der Waals surface area contributed by atoms with Gasteiger partial charge in [0.1, 0.15) is 5.70 Å². The lowest BCUT2D eigenvalue weighted by molar-refractivity contribution is -0.117. The number of H-pyrrole nitrogens is 1. The molecule has 4 aromatic rings. The summed E-state index contributed by atoms with van der Waals surface area (Å²) in [5.74, 6) is 0.222. The third-order valence-corrected chi connectivity index (χ3v) is 5.31. The number of carbonyl (C=O) groups excluding carboxylic acids is 2. The molecule has 0 aliphatic heterocycles. The number of hydrogen-bond acceptors (Lipinski definition) is 5. The number of methoxy groups -OCH3 is 2. The van der Waals surface area contributed by atoms with E-state index >= 15 is 0 Å². The Balaban J connectivity index is 1.52. The van der Waals surface area contributed by atoms with Crippen LogP contribution in [0.15, 0.2) is 77.2 Å². The predicted octanol–water partition coefficient (Wildman–Crippen LogP) is 3.91. The Bertz CT molecular complexity index is 1320. The van der Waals surface area contributed by atoms with Crippen molar-refractivity contribution in [3.8, 4) is 11.5 Å². The van der Waals surface area contributed by atoms with E-state index in [9.17, 15) is 9.59 Å². The van der Waals surface area contributed by atoms with E-state index in [1.54, 1.807) is 37.5 Å². The molecule has 0 saturated heterocycles. The highest BCUT2D eigenvalue weighted by Gasteiger charge is 2.17. The zero-order valence-electron chi connectivity index (χ0n) is 18.9. The molecule has 8 nitrogen and oxygen atoms in total. The van der Waals surface area contributed by atoms with Crippen LogP contribution in [0.25, 0.3) is 17.0 Å². The number of aromatic nitrogens is 1. The maximum atomic E-state index is 13.0. The molecule has 0 atom stereocenters. The highest BCUT2D eigenvalue weighted by molar-refractivity contribution is 6.04. The van der Waals surface area contributed by atoms with Gasteiger partial charge >= 0.3 is 0 Å². The number of hydrogen-bond donors (Lipinski definition) is 3. The van der Waals surface area contributed by atoms with Crippen LogP contribution in [0.5, 0.6) is 11.5 Å². The van der Waals surface area contributed by atoms with Crippen molar-refractivity contribution in [3.05, 3.63) is 89.6 Å². The van der Waals surface area contributed by atoms with Gasteiger partial charge in [-0.25, -0.2) is 0 Å². The van der Waals surface area contributed by atoms with Crippen LogP contribution in [0.3, 0.4) is 0 Å². The first-order valence-corrected chi connectivity index (χ1v) is 10.7. The van der Waals surface area contributed by atoms with Crippen molar-refractivity contribution in [2.75, 3.05) is 20.8 Å². The Labute approximate surface area is 196 Å². The standard InChI is InChI=1S/C26H25N3O5/c1-32-22-10-9-17(15-24(22)33-2)14-21(29-26(31)23-8-5-13-34-23)25(30)27-12-11-18-16-28-20-7-4-3-6-19(18)20/h3-10,13-16,28H,11-12H2,1-2H3,(H,27,30)(H,29,31). The Hall–Kier alpha value is -4.46. The molecule has 2 heterocycles. The van der Waals surface area contributed by atoms with E-state index < -0.39 is 11.8 Å². The molecule has 0 spiro atoms. The van der Waals surface area contributed by atoms with E-state index in [4.69, 9.17) is 13.9 Å². The van der Waals surface area contributed by atoms with Crippen LogP contribution in [0.2, 0.25) is 0 Å². The van der Waals surface area contributed by atoms with E-state index in [1.807, 2.05) is 30.5 Å². The molecule has 0 radical (unpaired) electrons. The number of carbonyl (C=O) groups is 2. The van der Waals surface area contributed by atoms with Crippen LogP contribution < -0.4 is 20.1 Å². The number of fused-ring (bicyclic) bond motifs is 1. The normalized spacial score (nSPS) is 11.3. The third kappa shape index (κ3) is 5.12. The highest BCUT2D eigenvalue weighted by Crippen LogP contribution is 2.28. The van der Waals surface area contributed by atoms with Crippen LogP contribution in [0.4, 0.5) is 0 Å². The molecular formula is C26H25N3O5. The lowest BCUT2D eigenvalue weighted by Crippen LogP contribution is -2.35. The van der Waals surface area contributed by atoms with Gasteiger partial charge in [-0.05, 0) is 54.0 Å². The molecule has 2 aromatic carbocycles. The molecule has 0 bridgehead atoms. The lowest BCUT2D eigenvalue weighted by atomic mass is 10.1. The maximum Gasteiger partial charge on any atom is 0.291 e. The summed E-state index contributed by atoms with van der Waals surface area (Å²) in [4.78, 5) is 28.8. The summed E-state index contributed by atoms with van der Waals surface area (Å²) in [5.41, 5.74) is 2.87. The first kappa shape index (κ1) is 22.7. The van der Waals surface area contributed by atoms with Gasteiger partial charge in [-0.2, -0.15) is 0 Å². The van der Waals surface area contributed by atoms with Crippen molar-refractivity contribution in [2.45, 2.75) is 6.42 Å². The molecule has 3 N–H and O–H groups in total. The van der Waals surface area contributed by atoms with E-state index in [0.29, 0.717) is 30.0 Å². The summed E-state index contributed by atoms with van der Waals surface area (Å²) >= 11 is 0. The van der Waals surface area contributed by atoms with Crippen LogP contribution >= 0.6 is 0 Å². The van der Waals surface area contributed by atoms with Gasteiger partial charge in [0, 0.05) is 23.6 Å². The number of ether oxygens (including phenoxy) is 2. The number of aromatic amines is 1. The molecular weight excluding hydrogens is 434 g/mol. The molecule has 0 aliphatic carbocycles. The van der Waals surface area contributed by atoms with Crippen molar-refractivity contribution in [1.29, 1.82) is 0 Å². The van der Waals surface area contributed by atoms with E-state index in [1.165, 1.54) is 19.4 Å². The van der Waals surface area contributed by atoms with E-state index in [2.05, 4.69) is 15.6 Å². The number of benzene rings is 2. The third-order valence-electron chi connectivity index (χ3n) is 5.31. The Morgan fingerprint density at radius 1 is 1.03 bits per heavy atom. The zero-order valence-corrected chi connectivity index (χ0v) is 18.9. The Kier molecular flexibility index (Phi) is 6.98. The van der Waals surface area contributed by atoms with Gasteiger partial charge in [0.05, 0.1) is 20.5 Å². The fourth-order valence-electron chi connectivity index (χ4n) is 3.60. The molecule has 0 fully saturated rings. The second-order valence-electron chi connectivity index (χ2n) is 7.47. The van der Waals surface area contributed by atoms with Crippen LogP contribution in [-0.2, 0) is 11.2 Å². The monoisotopic (exact) mass is 459 g/mol. The van der Waals surface area contributed by atoms with Crippen molar-refractivity contribution in [2.24, 2.45) is 0 Å².